The predicted octanol–water partition coefficient (Wildman–Crippen LogP) is -1.33. The minimum absolute atomic E-state index is 0. The maximum atomic E-state index is 5.22. The Bertz CT molecular complexity index is 51.6. The van der Waals surface area contributed by atoms with Crippen LogP contribution in [0.4, 0.5) is 0 Å². The molecule has 1 aliphatic carbocycles. The molecule has 0 aromatic rings. The van der Waals surface area contributed by atoms with Crippen LogP contribution in [0.1, 0.15) is 12.8 Å². The Labute approximate surface area is 54.4 Å². The van der Waals surface area contributed by atoms with E-state index in [1.807, 2.05) is 0 Å². The van der Waals surface area contributed by atoms with Crippen molar-refractivity contribution in [2.45, 2.75) is 18.9 Å². The second kappa shape index (κ2) is 4.06. The zero-order valence-corrected chi connectivity index (χ0v) is 4.39. The van der Waals surface area contributed by atoms with Crippen molar-refractivity contribution in [3.05, 3.63) is 0 Å². The average molecular weight is 133 g/mol. The summed E-state index contributed by atoms with van der Waals surface area (Å²) < 4.78 is 4.50. The van der Waals surface area contributed by atoms with Gasteiger partial charge in [-0.2, -0.15) is 0 Å². The highest BCUT2D eigenvalue weighted by Crippen LogP contribution is 2.13. The Morgan fingerprint density at radius 3 is 1.50 bits per heavy atom. The maximum absolute atomic E-state index is 5.22. The Morgan fingerprint density at radius 2 is 1.50 bits per heavy atom. The smallest absolute Gasteiger partial charge is 0.0701 e. The topological polar surface area (TPSA) is 38.5 Å². The lowest BCUT2D eigenvalue weighted by Crippen LogP contribution is -1.94. The van der Waals surface area contributed by atoms with Gasteiger partial charge in [0.15, 0.2) is 0 Å². The maximum Gasteiger partial charge on any atom is 0.0701 e. The molecule has 2 aliphatic rings. The van der Waals surface area contributed by atoms with Crippen molar-refractivity contribution in [2.75, 3.05) is 13.2 Å². The average Bonchev–Trinajstić information content (AvgIpc) is 2.27. The van der Waals surface area contributed by atoms with Crippen LogP contribution in [0.2, 0.25) is 0 Å². The van der Waals surface area contributed by atoms with E-state index in [1.54, 1.807) is 0 Å². The summed E-state index contributed by atoms with van der Waals surface area (Å²) in [6, 6.07) is 0.583. The van der Waals surface area contributed by atoms with Crippen LogP contribution in [0.3, 0.4) is 0 Å². The van der Waals surface area contributed by atoms with Gasteiger partial charge < -0.3 is 10.5 Å². The van der Waals surface area contributed by atoms with Gasteiger partial charge in [-0.1, -0.05) is 0 Å². The summed E-state index contributed by atoms with van der Waals surface area (Å²) in [6.45, 7) is 2.00. The van der Waals surface area contributed by atoms with Crippen LogP contribution in [-0.2, 0) is 4.74 Å². The van der Waals surface area contributed by atoms with Crippen molar-refractivity contribution >= 4 is 11.0 Å². The van der Waals surface area contributed by atoms with Gasteiger partial charge in [-0.15, -0.1) is 0 Å². The van der Waals surface area contributed by atoms with Crippen LogP contribution < -0.4 is 5.73 Å². The largest absolute Gasteiger partial charge is 0.377 e. The fourth-order valence-corrected chi connectivity index (χ4v) is 0.0962. The summed E-state index contributed by atoms with van der Waals surface area (Å²) in [4.78, 5) is 0. The Morgan fingerprint density at radius 1 is 1.25 bits per heavy atom. The third kappa shape index (κ3) is 9.46. The number of epoxide rings is 1. The molecule has 1 aliphatic heterocycles. The van der Waals surface area contributed by atoms with Crippen LogP contribution in [0.5, 0.6) is 0 Å². The minimum atomic E-state index is 0. The Balaban J connectivity index is 0.000000112. The molecule has 0 bridgehead atoms. The normalized spacial score (nSPS) is 22.1. The fourth-order valence-electron chi connectivity index (χ4n) is 0.0962. The van der Waals surface area contributed by atoms with Gasteiger partial charge in [0, 0.05) is 6.04 Å². The Kier molecular flexibility index (Phi) is 4.13. The van der Waals surface area contributed by atoms with Crippen LogP contribution in [0.25, 0.3) is 0 Å². The van der Waals surface area contributed by atoms with Crippen LogP contribution in [-0.4, -0.2) is 30.2 Å². The van der Waals surface area contributed by atoms with Crippen molar-refractivity contribution in [2.24, 2.45) is 5.73 Å². The molecule has 0 spiro atoms. The lowest BCUT2D eigenvalue weighted by atomic mass is 10.8. The molecule has 0 aromatic carbocycles. The van der Waals surface area contributed by atoms with E-state index >= 15 is 0 Å². The van der Waals surface area contributed by atoms with Gasteiger partial charge >= 0.3 is 0 Å². The van der Waals surface area contributed by atoms with E-state index in [9.17, 15) is 0 Å². The second-order valence-corrected chi connectivity index (χ2v) is 1.95. The summed E-state index contributed by atoms with van der Waals surface area (Å²) in [6.07, 6.45) is 2.53. The van der Waals surface area contributed by atoms with Crippen molar-refractivity contribution < 1.29 is 4.74 Å². The lowest BCUT2D eigenvalue weighted by Gasteiger charge is -1.58. The van der Waals surface area contributed by atoms with Gasteiger partial charge in [0.2, 0.25) is 0 Å². The summed E-state index contributed by atoms with van der Waals surface area (Å²) >= 11 is 0. The third-order valence-electron chi connectivity index (χ3n) is 0.826. The van der Waals surface area contributed by atoms with Gasteiger partial charge in [0.25, 0.3) is 0 Å². The molecule has 2 fully saturated rings. The first-order valence-electron chi connectivity index (χ1n) is 2.73. The fraction of sp³-hybridized carbons (Fsp3) is 1.00. The molecule has 2 N–H and O–H groups in total. The number of rotatable bonds is 0. The van der Waals surface area contributed by atoms with Crippen molar-refractivity contribution in [1.29, 1.82) is 0 Å². The molecule has 0 aromatic heterocycles. The Hall–Kier alpha value is 0.137. The van der Waals surface area contributed by atoms with E-state index in [2.05, 4.69) is 4.74 Å². The predicted molar refractivity (Wildman–Crippen MR) is 39.4 cm³/mol. The lowest BCUT2D eigenvalue weighted by molar-refractivity contribution is 0.475. The minimum Gasteiger partial charge on any atom is -0.377 e. The highest BCUT2D eigenvalue weighted by atomic mass is 28.1. The highest BCUT2D eigenvalue weighted by Gasteiger charge is 2.13. The quantitative estimate of drug-likeness (QED) is 0.328. The van der Waals surface area contributed by atoms with Crippen molar-refractivity contribution in [3.63, 3.8) is 0 Å². The molecule has 8 heavy (non-hydrogen) atoms. The molecule has 1 saturated heterocycles. The SMILES string of the molecule is C1CO1.NC1CC1.[SiH4]. The van der Waals surface area contributed by atoms with E-state index in [0.717, 1.165) is 13.2 Å². The molecule has 0 atom stereocenters. The van der Waals surface area contributed by atoms with Crippen molar-refractivity contribution in [3.8, 4) is 0 Å². The van der Waals surface area contributed by atoms with Crippen molar-refractivity contribution in [1.82, 2.24) is 0 Å². The van der Waals surface area contributed by atoms with Gasteiger partial charge in [-0.25, -0.2) is 0 Å². The van der Waals surface area contributed by atoms with Crippen LogP contribution in [0.15, 0.2) is 0 Å². The monoisotopic (exact) mass is 133 g/mol. The summed E-state index contributed by atoms with van der Waals surface area (Å²) in [7, 11) is 0. The van der Waals surface area contributed by atoms with E-state index in [0.29, 0.717) is 6.04 Å². The van der Waals surface area contributed by atoms with Crippen LogP contribution in [0, 0.1) is 0 Å². The van der Waals surface area contributed by atoms with E-state index < -0.39 is 0 Å². The summed E-state index contributed by atoms with van der Waals surface area (Å²) in [5, 5.41) is 0. The van der Waals surface area contributed by atoms with E-state index in [4.69, 9.17) is 5.73 Å². The third-order valence-corrected chi connectivity index (χ3v) is 0.826. The molecular weight excluding hydrogens is 118 g/mol. The first-order chi connectivity index (χ1) is 3.39. The molecule has 0 unspecified atom stereocenters. The van der Waals surface area contributed by atoms with Gasteiger partial charge in [0.1, 0.15) is 0 Å². The zero-order valence-electron chi connectivity index (χ0n) is 4.39. The van der Waals surface area contributed by atoms with Gasteiger partial charge in [-0.3, -0.25) is 0 Å². The van der Waals surface area contributed by atoms with Gasteiger partial charge in [-0.05, 0) is 23.8 Å². The molecule has 1 saturated carbocycles. The molecule has 0 radical (unpaired) electrons. The van der Waals surface area contributed by atoms with Gasteiger partial charge in [0.05, 0.1) is 13.2 Å². The molecular formula is C5H15NOSi. The van der Waals surface area contributed by atoms with E-state index in [-0.39, 0.29) is 11.0 Å². The van der Waals surface area contributed by atoms with E-state index in [1.165, 1.54) is 12.8 Å². The first-order valence-corrected chi connectivity index (χ1v) is 2.73. The molecule has 3 heteroatoms. The number of ether oxygens (including phenoxy) is 1. The molecule has 50 valence electrons. The summed E-state index contributed by atoms with van der Waals surface area (Å²) in [5.41, 5.74) is 5.22. The number of hydrogen-bond acceptors (Lipinski definition) is 2. The zero-order chi connectivity index (χ0) is 5.11. The molecule has 1 heterocycles. The van der Waals surface area contributed by atoms with Crippen LogP contribution >= 0.6 is 0 Å². The molecule has 2 rings (SSSR count). The standard InChI is InChI=1S/C3H7N.C2H4O.H4Si/c4-3-1-2-3;1-2-3-1;/h3H,1-2,4H2;1-2H2;1H4. The number of nitrogens with two attached hydrogens (primary N) is 1. The second-order valence-electron chi connectivity index (χ2n) is 1.95. The number of hydrogen-bond donors (Lipinski definition) is 1. The summed E-state index contributed by atoms with van der Waals surface area (Å²) in [5.74, 6) is 0. The molecule has 2 nitrogen and oxygen atoms in total. The highest BCUT2D eigenvalue weighted by molar-refractivity contribution is 5.75. The molecule has 0 amide bonds. The first kappa shape index (κ1) is 8.14.